The minimum absolute atomic E-state index is 0.0258. The first-order valence-corrected chi connectivity index (χ1v) is 12.3. The molecule has 8 nitrogen and oxygen atoms in total. The SMILES string of the molecule is CC[C@@]12C=CCCOC(=O)[C@@H]1[C@H]1C(=O)N(CCO)C3C(=O)N(c4c(C)cccc4C)CC=C[C@@]31O2. The summed E-state index contributed by atoms with van der Waals surface area (Å²) in [5.41, 5.74) is 0.293. The molecule has 0 bridgehead atoms. The lowest BCUT2D eigenvalue weighted by Crippen LogP contribution is -2.56. The minimum atomic E-state index is -1.34. The number of aliphatic hydroxyl groups is 1. The number of amides is 2. The second-order valence-corrected chi connectivity index (χ2v) is 9.83. The topological polar surface area (TPSA) is 96.4 Å². The zero-order chi connectivity index (χ0) is 25.0. The number of β-amino-alcohol motifs (C(OH)–C–C–N with tert-alkyl or cyclic N) is 1. The molecule has 4 aliphatic heterocycles. The Bertz CT molecular complexity index is 1110. The first-order chi connectivity index (χ1) is 16.8. The van der Waals surface area contributed by atoms with Gasteiger partial charge in [-0.3, -0.25) is 14.4 Å². The van der Waals surface area contributed by atoms with Crippen LogP contribution in [0.3, 0.4) is 0 Å². The first kappa shape index (κ1) is 23.8. The average Bonchev–Trinajstić information content (AvgIpc) is 3.16. The Morgan fingerprint density at radius 2 is 1.80 bits per heavy atom. The summed E-state index contributed by atoms with van der Waals surface area (Å²) in [5.74, 6) is -2.93. The number of rotatable bonds is 4. The Hall–Kier alpha value is -2.97. The molecule has 2 saturated heterocycles. The van der Waals surface area contributed by atoms with Crippen LogP contribution in [0.25, 0.3) is 0 Å². The molecule has 35 heavy (non-hydrogen) atoms. The number of fused-ring (bicyclic) bond motifs is 2. The highest BCUT2D eigenvalue weighted by Crippen LogP contribution is 2.58. The van der Waals surface area contributed by atoms with E-state index < -0.39 is 35.0 Å². The van der Waals surface area contributed by atoms with E-state index in [4.69, 9.17) is 9.47 Å². The van der Waals surface area contributed by atoms with Crippen molar-refractivity contribution in [2.75, 3.05) is 31.2 Å². The van der Waals surface area contributed by atoms with E-state index in [1.165, 1.54) is 4.90 Å². The maximum atomic E-state index is 14.3. The smallest absolute Gasteiger partial charge is 0.313 e. The summed E-state index contributed by atoms with van der Waals surface area (Å²) in [6, 6.07) is 4.84. The van der Waals surface area contributed by atoms with Crippen LogP contribution in [0.1, 0.15) is 30.9 Å². The number of aryl methyl sites for hydroxylation is 2. The van der Waals surface area contributed by atoms with Gasteiger partial charge in [-0.15, -0.1) is 0 Å². The summed E-state index contributed by atoms with van der Waals surface area (Å²) in [5, 5.41) is 9.81. The quantitative estimate of drug-likeness (QED) is 0.524. The van der Waals surface area contributed by atoms with Crippen LogP contribution in [-0.4, -0.2) is 71.3 Å². The van der Waals surface area contributed by atoms with Crippen LogP contribution >= 0.6 is 0 Å². The van der Waals surface area contributed by atoms with E-state index in [2.05, 4.69) is 0 Å². The summed E-state index contributed by atoms with van der Waals surface area (Å²) < 4.78 is 12.3. The Morgan fingerprint density at radius 3 is 2.49 bits per heavy atom. The highest BCUT2D eigenvalue weighted by atomic mass is 16.6. The van der Waals surface area contributed by atoms with Crippen molar-refractivity contribution in [2.24, 2.45) is 11.8 Å². The Morgan fingerprint density at radius 1 is 1.06 bits per heavy atom. The number of carbonyl (C=O) groups excluding carboxylic acids is 3. The van der Waals surface area contributed by atoms with Gasteiger partial charge in [-0.1, -0.05) is 49.4 Å². The molecule has 5 rings (SSSR count). The van der Waals surface area contributed by atoms with Gasteiger partial charge >= 0.3 is 5.97 Å². The monoisotopic (exact) mass is 480 g/mol. The molecule has 1 aromatic rings. The number of cyclic esters (lactones) is 1. The average molecular weight is 481 g/mol. The van der Waals surface area contributed by atoms with Crippen LogP contribution in [0, 0.1) is 25.7 Å². The molecule has 4 heterocycles. The number of benzene rings is 1. The van der Waals surface area contributed by atoms with Gasteiger partial charge in [-0.05, 0) is 37.8 Å². The molecule has 0 aliphatic carbocycles. The second kappa shape index (κ2) is 8.60. The van der Waals surface area contributed by atoms with Crippen molar-refractivity contribution in [1.82, 2.24) is 4.90 Å². The predicted molar refractivity (Wildman–Crippen MR) is 129 cm³/mol. The minimum Gasteiger partial charge on any atom is -0.465 e. The molecule has 2 fully saturated rings. The lowest BCUT2D eigenvalue weighted by atomic mass is 9.73. The van der Waals surface area contributed by atoms with Gasteiger partial charge in [-0.25, -0.2) is 0 Å². The summed E-state index contributed by atoms with van der Waals surface area (Å²) >= 11 is 0. The van der Waals surface area contributed by atoms with Gasteiger partial charge in [0, 0.05) is 18.8 Å². The molecule has 2 amide bonds. The van der Waals surface area contributed by atoms with Crippen LogP contribution in [0.2, 0.25) is 0 Å². The van der Waals surface area contributed by atoms with Crippen molar-refractivity contribution in [3.63, 3.8) is 0 Å². The number of carbonyl (C=O) groups is 3. The third kappa shape index (κ3) is 3.30. The van der Waals surface area contributed by atoms with E-state index in [0.717, 1.165) is 16.8 Å². The van der Waals surface area contributed by atoms with Gasteiger partial charge < -0.3 is 24.4 Å². The van der Waals surface area contributed by atoms with Gasteiger partial charge in [0.2, 0.25) is 5.91 Å². The number of esters is 1. The first-order valence-electron chi connectivity index (χ1n) is 12.3. The lowest BCUT2D eigenvalue weighted by Gasteiger charge is -2.39. The fraction of sp³-hybridized carbons (Fsp3) is 0.519. The van der Waals surface area contributed by atoms with Crippen LogP contribution in [0.15, 0.2) is 42.5 Å². The number of hydrogen-bond acceptors (Lipinski definition) is 6. The van der Waals surface area contributed by atoms with Gasteiger partial charge in [0.05, 0.1) is 19.1 Å². The Kier molecular flexibility index (Phi) is 5.84. The predicted octanol–water partition coefficient (Wildman–Crippen LogP) is 2.06. The third-order valence-electron chi connectivity index (χ3n) is 7.95. The molecule has 5 atom stereocenters. The van der Waals surface area contributed by atoms with Gasteiger partial charge in [0.1, 0.15) is 23.2 Å². The normalized spacial score (nSPS) is 34.2. The summed E-state index contributed by atoms with van der Waals surface area (Å²) in [6.07, 6.45) is 8.50. The van der Waals surface area contributed by atoms with Crippen LogP contribution in [0.4, 0.5) is 5.69 Å². The van der Waals surface area contributed by atoms with E-state index in [-0.39, 0.29) is 31.6 Å². The number of anilines is 1. The van der Waals surface area contributed by atoms with Gasteiger partial charge in [-0.2, -0.15) is 0 Å². The Labute approximate surface area is 205 Å². The van der Waals surface area contributed by atoms with E-state index >= 15 is 0 Å². The molecule has 4 aliphatic rings. The molecule has 0 aromatic heterocycles. The Balaban J connectivity index is 1.69. The van der Waals surface area contributed by atoms with Crippen molar-refractivity contribution in [1.29, 1.82) is 0 Å². The number of para-hydroxylation sites is 1. The van der Waals surface area contributed by atoms with Crippen LogP contribution in [0.5, 0.6) is 0 Å². The van der Waals surface area contributed by atoms with Crippen LogP contribution < -0.4 is 4.90 Å². The maximum absolute atomic E-state index is 14.3. The standard InChI is InChI=1S/C27H32N2O6/c1-4-26-11-5-6-16-34-25(33)20(26)19-23(31)29(14-15-30)22-24(32)28(13-8-12-27(19,22)35-26)21-17(2)9-7-10-18(21)3/h5,7-12,19-20,22,30H,4,6,13-16H2,1-3H3/t19-,20-,22?,26+,27-/m0/s1. The van der Waals surface area contributed by atoms with Crippen molar-refractivity contribution in [2.45, 2.75) is 50.9 Å². The number of aliphatic hydroxyl groups excluding tert-OH is 1. The maximum Gasteiger partial charge on any atom is 0.313 e. The highest BCUT2D eigenvalue weighted by Gasteiger charge is 2.75. The van der Waals surface area contributed by atoms with E-state index in [1.54, 1.807) is 4.90 Å². The highest BCUT2D eigenvalue weighted by molar-refractivity contribution is 6.06. The summed E-state index contributed by atoms with van der Waals surface area (Å²) in [4.78, 5) is 44.6. The zero-order valence-corrected chi connectivity index (χ0v) is 20.4. The molecular formula is C27H32N2O6. The van der Waals surface area contributed by atoms with Crippen molar-refractivity contribution < 1.29 is 29.0 Å². The summed E-state index contributed by atoms with van der Waals surface area (Å²) in [6.45, 7) is 6.03. The molecule has 1 N–H and O–H groups in total. The molecule has 0 radical (unpaired) electrons. The van der Waals surface area contributed by atoms with E-state index in [9.17, 15) is 19.5 Å². The molecule has 186 valence electrons. The molecular weight excluding hydrogens is 448 g/mol. The largest absolute Gasteiger partial charge is 0.465 e. The summed E-state index contributed by atoms with van der Waals surface area (Å²) in [7, 11) is 0. The number of likely N-dealkylation sites (tertiary alicyclic amines) is 1. The van der Waals surface area contributed by atoms with Gasteiger partial charge in [0.25, 0.3) is 5.91 Å². The fourth-order valence-electron chi connectivity index (χ4n) is 6.51. The molecule has 1 spiro atoms. The molecule has 8 heteroatoms. The van der Waals surface area contributed by atoms with Crippen molar-refractivity contribution in [3.05, 3.63) is 53.6 Å². The molecule has 0 saturated carbocycles. The zero-order valence-electron chi connectivity index (χ0n) is 20.4. The fourth-order valence-corrected chi connectivity index (χ4v) is 6.51. The van der Waals surface area contributed by atoms with E-state index in [0.29, 0.717) is 19.4 Å². The lowest BCUT2D eigenvalue weighted by molar-refractivity contribution is -0.160. The molecule has 1 aromatic carbocycles. The molecule has 1 unspecified atom stereocenters. The second-order valence-electron chi connectivity index (χ2n) is 9.83. The number of hydrogen-bond donors (Lipinski definition) is 1. The van der Waals surface area contributed by atoms with Crippen molar-refractivity contribution >= 4 is 23.5 Å². The van der Waals surface area contributed by atoms with Gasteiger partial charge in [0.15, 0.2) is 0 Å². The number of nitrogens with zero attached hydrogens (tertiary/aromatic N) is 2. The van der Waals surface area contributed by atoms with E-state index in [1.807, 2.05) is 63.3 Å². The van der Waals surface area contributed by atoms with Crippen LogP contribution in [-0.2, 0) is 23.9 Å². The number of ether oxygens (including phenoxy) is 2. The van der Waals surface area contributed by atoms with Crippen molar-refractivity contribution in [3.8, 4) is 0 Å². The third-order valence-corrected chi connectivity index (χ3v) is 7.95.